The molecule has 1 aliphatic rings. The number of amides is 1. The second kappa shape index (κ2) is 5.26. The van der Waals surface area contributed by atoms with E-state index >= 15 is 0 Å². The first-order valence-electron chi connectivity index (χ1n) is 6.53. The molecule has 0 bridgehead atoms. The molecule has 0 aromatic carbocycles. The first-order chi connectivity index (χ1) is 9.67. The summed E-state index contributed by atoms with van der Waals surface area (Å²) >= 11 is 1.30. The normalized spacial score (nSPS) is 17.1. The number of pyridine rings is 1. The summed E-state index contributed by atoms with van der Waals surface area (Å²) in [7, 11) is 0. The zero-order chi connectivity index (χ0) is 14.0. The fourth-order valence-corrected chi connectivity index (χ4v) is 3.04. The quantitative estimate of drug-likeness (QED) is 0.898. The van der Waals surface area contributed by atoms with Gasteiger partial charge >= 0.3 is 0 Å². The largest absolute Gasteiger partial charge is 0.317 e. The fraction of sp³-hybridized carbons (Fsp3) is 0.385. The van der Waals surface area contributed by atoms with Gasteiger partial charge in [-0.2, -0.15) is 0 Å². The molecule has 0 spiro atoms. The van der Waals surface area contributed by atoms with Crippen molar-refractivity contribution < 1.29 is 4.79 Å². The number of nitrogens with zero attached hydrogens (tertiary/aromatic N) is 3. The third-order valence-corrected chi connectivity index (χ3v) is 4.34. The highest BCUT2D eigenvalue weighted by atomic mass is 32.1. The number of nitrogens with two attached hydrogens (primary N) is 1. The highest BCUT2D eigenvalue weighted by Crippen LogP contribution is 2.30. The van der Waals surface area contributed by atoms with E-state index in [1.54, 1.807) is 6.20 Å². The van der Waals surface area contributed by atoms with Crippen molar-refractivity contribution in [2.24, 2.45) is 5.73 Å². The van der Waals surface area contributed by atoms with E-state index in [0.29, 0.717) is 10.1 Å². The molecule has 20 heavy (non-hydrogen) atoms. The van der Waals surface area contributed by atoms with Gasteiger partial charge in [0, 0.05) is 6.20 Å². The van der Waals surface area contributed by atoms with Crippen LogP contribution in [-0.4, -0.2) is 26.6 Å². The summed E-state index contributed by atoms with van der Waals surface area (Å²) in [4.78, 5) is 16.4. The van der Waals surface area contributed by atoms with Gasteiger partial charge in [0.05, 0.1) is 5.54 Å². The minimum atomic E-state index is -0.753. The van der Waals surface area contributed by atoms with Gasteiger partial charge in [0.25, 0.3) is 0 Å². The van der Waals surface area contributed by atoms with E-state index in [1.807, 2.05) is 18.2 Å². The Bertz CT molecular complexity index is 606. The number of anilines is 1. The number of rotatable bonds is 3. The molecule has 0 aliphatic heterocycles. The van der Waals surface area contributed by atoms with Gasteiger partial charge in [-0.1, -0.05) is 30.2 Å². The van der Waals surface area contributed by atoms with E-state index in [4.69, 9.17) is 5.73 Å². The number of hydrogen-bond acceptors (Lipinski definition) is 6. The van der Waals surface area contributed by atoms with E-state index in [-0.39, 0.29) is 5.91 Å². The lowest BCUT2D eigenvalue weighted by Crippen LogP contribution is -2.48. The average Bonchev–Trinajstić information content (AvgIpc) is 3.10. The first kappa shape index (κ1) is 13.1. The Balaban J connectivity index is 1.73. The van der Waals surface area contributed by atoms with Gasteiger partial charge < -0.3 is 5.73 Å². The van der Waals surface area contributed by atoms with Crippen LogP contribution < -0.4 is 11.1 Å². The molecule has 104 valence electrons. The molecule has 0 radical (unpaired) electrons. The van der Waals surface area contributed by atoms with E-state index in [9.17, 15) is 4.79 Å². The molecular formula is C13H15N5OS. The van der Waals surface area contributed by atoms with Crippen LogP contribution in [0.4, 0.5) is 5.13 Å². The van der Waals surface area contributed by atoms with Crippen molar-refractivity contribution in [1.29, 1.82) is 0 Å². The van der Waals surface area contributed by atoms with Gasteiger partial charge in [0.2, 0.25) is 11.0 Å². The van der Waals surface area contributed by atoms with Crippen LogP contribution in [0.25, 0.3) is 10.7 Å². The van der Waals surface area contributed by atoms with Gasteiger partial charge in [-0.3, -0.25) is 15.1 Å². The van der Waals surface area contributed by atoms with E-state index < -0.39 is 5.54 Å². The van der Waals surface area contributed by atoms with Crippen molar-refractivity contribution >= 4 is 22.4 Å². The third kappa shape index (κ3) is 2.54. The maximum atomic E-state index is 12.2. The first-order valence-corrected chi connectivity index (χ1v) is 7.34. The SMILES string of the molecule is NC1(C(=O)Nc2nnc(-c3ccccn3)s2)CCCC1. The van der Waals surface area contributed by atoms with Crippen molar-refractivity contribution in [3.05, 3.63) is 24.4 Å². The predicted molar refractivity (Wildman–Crippen MR) is 77.2 cm³/mol. The molecular weight excluding hydrogens is 274 g/mol. The maximum absolute atomic E-state index is 12.2. The summed E-state index contributed by atoms with van der Waals surface area (Å²) in [5.74, 6) is -0.168. The molecule has 0 atom stereocenters. The molecule has 1 aliphatic carbocycles. The minimum absolute atomic E-state index is 0.168. The highest BCUT2D eigenvalue weighted by molar-refractivity contribution is 7.18. The summed E-state index contributed by atoms with van der Waals surface area (Å²) in [6, 6.07) is 5.58. The Morgan fingerprint density at radius 3 is 2.80 bits per heavy atom. The molecule has 1 fully saturated rings. The van der Waals surface area contributed by atoms with E-state index in [1.165, 1.54) is 11.3 Å². The summed E-state index contributed by atoms with van der Waals surface area (Å²) in [5.41, 5.74) is 6.09. The summed E-state index contributed by atoms with van der Waals surface area (Å²) in [5, 5.41) is 11.9. The summed E-state index contributed by atoms with van der Waals surface area (Å²) in [6.45, 7) is 0. The van der Waals surface area contributed by atoms with Crippen LogP contribution >= 0.6 is 11.3 Å². The number of nitrogens with one attached hydrogen (secondary N) is 1. The van der Waals surface area contributed by atoms with Crippen LogP contribution in [0.2, 0.25) is 0 Å². The van der Waals surface area contributed by atoms with Crippen LogP contribution in [0.3, 0.4) is 0 Å². The molecule has 7 heteroatoms. The maximum Gasteiger partial charge on any atom is 0.246 e. The van der Waals surface area contributed by atoms with Crippen molar-refractivity contribution in [2.75, 3.05) is 5.32 Å². The van der Waals surface area contributed by atoms with Crippen LogP contribution in [0.5, 0.6) is 0 Å². The number of aromatic nitrogens is 3. The number of carbonyl (C=O) groups excluding carboxylic acids is 1. The molecule has 1 amide bonds. The number of carbonyl (C=O) groups is 1. The van der Waals surface area contributed by atoms with Gasteiger partial charge in [0.1, 0.15) is 5.69 Å². The molecule has 1 saturated carbocycles. The Hall–Kier alpha value is -1.86. The van der Waals surface area contributed by atoms with Gasteiger partial charge in [-0.15, -0.1) is 10.2 Å². The van der Waals surface area contributed by atoms with Gasteiger partial charge in [0.15, 0.2) is 5.01 Å². The van der Waals surface area contributed by atoms with Crippen molar-refractivity contribution in [1.82, 2.24) is 15.2 Å². The molecule has 3 N–H and O–H groups in total. The zero-order valence-corrected chi connectivity index (χ0v) is 11.7. The highest BCUT2D eigenvalue weighted by Gasteiger charge is 2.37. The van der Waals surface area contributed by atoms with Crippen molar-refractivity contribution in [2.45, 2.75) is 31.2 Å². The molecule has 2 aromatic heterocycles. The van der Waals surface area contributed by atoms with E-state index in [2.05, 4.69) is 20.5 Å². The fourth-order valence-electron chi connectivity index (χ4n) is 2.32. The van der Waals surface area contributed by atoms with Gasteiger partial charge in [-0.05, 0) is 25.0 Å². The second-order valence-electron chi connectivity index (χ2n) is 4.94. The Labute approximate surface area is 120 Å². The molecule has 2 heterocycles. The standard InChI is InChI=1S/C13H15N5OS/c14-13(6-2-3-7-13)11(19)16-12-18-17-10(20-12)9-5-1-4-8-15-9/h1,4-5,8H,2-3,6-7,14H2,(H,16,18,19). The average molecular weight is 289 g/mol. The predicted octanol–water partition coefficient (Wildman–Crippen LogP) is 1.81. The zero-order valence-electron chi connectivity index (χ0n) is 10.9. The molecule has 6 nitrogen and oxygen atoms in total. The lowest BCUT2D eigenvalue weighted by atomic mass is 9.98. The summed E-state index contributed by atoms with van der Waals surface area (Å²) < 4.78 is 0. The Morgan fingerprint density at radius 2 is 2.10 bits per heavy atom. The Morgan fingerprint density at radius 1 is 1.30 bits per heavy atom. The van der Waals surface area contributed by atoms with Crippen LogP contribution in [0, 0.1) is 0 Å². The molecule has 0 unspecified atom stereocenters. The van der Waals surface area contributed by atoms with Gasteiger partial charge in [-0.25, -0.2) is 0 Å². The number of hydrogen-bond donors (Lipinski definition) is 2. The summed E-state index contributed by atoms with van der Waals surface area (Å²) in [6.07, 6.45) is 5.15. The lowest BCUT2D eigenvalue weighted by Gasteiger charge is -2.20. The monoisotopic (exact) mass is 289 g/mol. The third-order valence-electron chi connectivity index (χ3n) is 3.48. The van der Waals surface area contributed by atoms with Crippen LogP contribution in [0.1, 0.15) is 25.7 Å². The second-order valence-corrected chi connectivity index (χ2v) is 5.92. The topological polar surface area (TPSA) is 93.8 Å². The van der Waals surface area contributed by atoms with Crippen molar-refractivity contribution in [3.63, 3.8) is 0 Å². The molecule has 0 saturated heterocycles. The Kier molecular flexibility index (Phi) is 3.45. The van der Waals surface area contributed by atoms with E-state index in [0.717, 1.165) is 31.4 Å². The minimum Gasteiger partial charge on any atom is -0.317 e. The van der Waals surface area contributed by atoms with Crippen molar-refractivity contribution in [3.8, 4) is 10.7 Å². The van der Waals surface area contributed by atoms with Crippen LogP contribution in [-0.2, 0) is 4.79 Å². The molecule has 3 rings (SSSR count). The molecule has 2 aromatic rings. The smallest absolute Gasteiger partial charge is 0.246 e. The van der Waals surface area contributed by atoms with Crippen LogP contribution in [0.15, 0.2) is 24.4 Å². The lowest BCUT2D eigenvalue weighted by molar-refractivity contribution is -0.121.